The van der Waals surface area contributed by atoms with Crippen molar-refractivity contribution in [2.45, 2.75) is 0 Å². The van der Waals surface area contributed by atoms with Crippen molar-refractivity contribution in [3.05, 3.63) is 46.1 Å². The SMILES string of the molecule is O=C(Nc1ccc(Br)o1)N1CCN(c2cccc(Cl)c2)CC1. The molecule has 0 aliphatic carbocycles. The van der Waals surface area contributed by atoms with Crippen LogP contribution < -0.4 is 10.2 Å². The van der Waals surface area contributed by atoms with E-state index >= 15 is 0 Å². The molecule has 1 aliphatic heterocycles. The molecule has 22 heavy (non-hydrogen) atoms. The molecule has 0 atom stereocenters. The van der Waals surface area contributed by atoms with Gasteiger partial charge in [-0.2, -0.15) is 0 Å². The summed E-state index contributed by atoms with van der Waals surface area (Å²) in [6, 6.07) is 11.1. The summed E-state index contributed by atoms with van der Waals surface area (Å²) in [5, 5.41) is 3.47. The van der Waals surface area contributed by atoms with Gasteiger partial charge in [0, 0.05) is 43.0 Å². The maximum Gasteiger partial charge on any atom is 0.324 e. The van der Waals surface area contributed by atoms with E-state index in [0.29, 0.717) is 23.6 Å². The molecule has 5 nitrogen and oxygen atoms in total. The van der Waals surface area contributed by atoms with Crippen molar-refractivity contribution in [1.29, 1.82) is 0 Å². The third kappa shape index (κ3) is 3.56. The maximum atomic E-state index is 12.2. The van der Waals surface area contributed by atoms with E-state index in [1.807, 2.05) is 24.3 Å². The number of benzene rings is 1. The summed E-state index contributed by atoms with van der Waals surface area (Å²) in [5.74, 6) is 0.439. The monoisotopic (exact) mass is 383 g/mol. The van der Waals surface area contributed by atoms with Gasteiger partial charge in [-0.05, 0) is 40.2 Å². The van der Waals surface area contributed by atoms with Gasteiger partial charge in [-0.1, -0.05) is 17.7 Å². The molecule has 2 amide bonds. The molecule has 2 heterocycles. The number of anilines is 2. The number of carbonyl (C=O) groups is 1. The van der Waals surface area contributed by atoms with Crippen molar-refractivity contribution in [1.82, 2.24) is 4.90 Å². The van der Waals surface area contributed by atoms with Gasteiger partial charge in [0.15, 0.2) is 4.67 Å². The number of rotatable bonds is 2. The Morgan fingerprint density at radius 2 is 1.95 bits per heavy atom. The first kappa shape index (κ1) is 15.2. The summed E-state index contributed by atoms with van der Waals surface area (Å²) in [6.07, 6.45) is 0. The van der Waals surface area contributed by atoms with Gasteiger partial charge >= 0.3 is 6.03 Å². The molecular weight excluding hydrogens is 370 g/mol. The number of hydrogen-bond acceptors (Lipinski definition) is 3. The van der Waals surface area contributed by atoms with Crippen molar-refractivity contribution in [2.24, 2.45) is 0 Å². The molecule has 116 valence electrons. The van der Waals surface area contributed by atoms with E-state index in [4.69, 9.17) is 16.0 Å². The highest BCUT2D eigenvalue weighted by molar-refractivity contribution is 9.10. The second-order valence-corrected chi connectivity index (χ2v) is 6.21. The zero-order chi connectivity index (χ0) is 15.5. The Balaban J connectivity index is 1.56. The highest BCUT2D eigenvalue weighted by Crippen LogP contribution is 2.22. The van der Waals surface area contributed by atoms with Gasteiger partial charge in [0.1, 0.15) is 0 Å². The zero-order valence-corrected chi connectivity index (χ0v) is 14.1. The number of hydrogen-bond donors (Lipinski definition) is 1. The van der Waals surface area contributed by atoms with Crippen LogP contribution in [0.5, 0.6) is 0 Å². The predicted octanol–water partition coefficient (Wildman–Crippen LogP) is 4.05. The molecule has 1 aromatic carbocycles. The van der Waals surface area contributed by atoms with Crippen molar-refractivity contribution in [3.8, 4) is 0 Å². The van der Waals surface area contributed by atoms with Crippen LogP contribution in [0, 0.1) is 0 Å². The fourth-order valence-corrected chi connectivity index (χ4v) is 2.90. The number of urea groups is 1. The predicted molar refractivity (Wildman–Crippen MR) is 90.7 cm³/mol. The number of nitrogens with zero attached hydrogens (tertiary/aromatic N) is 2. The minimum Gasteiger partial charge on any atom is -0.434 e. The van der Waals surface area contributed by atoms with Crippen LogP contribution in [0.1, 0.15) is 0 Å². The van der Waals surface area contributed by atoms with Gasteiger partial charge in [-0.15, -0.1) is 0 Å². The summed E-state index contributed by atoms with van der Waals surface area (Å²) in [5.41, 5.74) is 1.09. The second kappa shape index (κ2) is 6.62. The van der Waals surface area contributed by atoms with E-state index in [9.17, 15) is 4.79 Å². The Hall–Kier alpha value is -1.66. The smallest absolute Gasteiger partial charge is 0.324 e. The quantitative estimate of drug-likeness (QED) is 0.850. The fraction of sp³-hybridized carbons (Fsp3) is 0.267. The largest absolute Gasteiger partial charge is 0.434 e. The Labute approximate surface area is 142 Å². The molecular formula is C15H15BrClN3O2. The first-order chi connectivity index (χ1) is 10.6. The molecule has 7 heteroatoms. The standard InChI is InChI=1S/C15H15BrClN3O2/c16-13-4-5-14(22-13)18-15(21)20-8-6-19(7-9-20)12-3-1-2-11(17)10-12/h1-5,10H,6-9H2,(H,18,21). The zero-order valence-electron chi connectivity index (χ0n) is 11.8. The summed E-state index contributed by atoms with van der Waals surface area (Å²) in [6.45, 7) is 2.85. The van der Waals surface area contributed by atoms with Crippen LogP contribution in [-0.2, 0) is 0 Å². The van der Waals surface area contributed by atoms with E-state index in [1.54, 1.807) is 17.0 Å². The lowest BCUT2D eigenvalue weighted by Crippen LogP contribution is -2.50. The lowest BCUT2D eigenvalue weighted by atomic mass is 10.2. The average molecular weight is 385 g/mol. The van der Waals surface area contributed by atoms with E-state index in [-0.39, 0.29) is 6.03 Å². The summed E-state index contributed by atoms with van der Waals surface area (Å²) < 4.78 is 5.87. The van der Waals surface area contributed by atoms with Crippen LogP contribution in [0.15, 0.2) is 45.5 Å². The number of furan rings is 1. The number of amides is 2. The Kier molecular flexibility index (Phi) is 4.59. The third-order valence-electron chi connectivity index (χ3n) is 3.54. The molecule has 0 saturated carbocycles. The minimum atomic E-state index is -0.146. The molecule has 0 unspecified atom stereocenters. The molecule has 1 N–H and O–H groups in total. The molecule has 2 aromatic rings. The Bertz CT molecular complexity index is 668. The van der Waals surface area contributed by atoms with Crippen molar-refractivity contribution < 1.29 is 9.21 Å². The lowest BCUT2D eigenvalue weighted by Gasteiger charge is -2.35. The number of piperazine rings is 1. The maximum absolute atomic E-state index is 12.2. The molecule has 1 aliphatic rings. The van der Waals surface area contributed by atoms with Gasteiger partial charge < -0.3 is 14.2 Å². The summed E-state index contributed by atoms with van der Waals surface area (Å²) >= 11 is 9.23. The van der Waals surface area contributed by atoms with Gasteiger partial charge in [-0.3, -0.25) is 5.32 Å². The molecule has 3 rings (SSSR count). The topological polar surface area (TPSA) is 48.7 Å². The molecule has 1 aromatic heterocycles. The first-order valence-corrected chi connectivity index (χ1v) is 8.11. The van der Waals surface area contributed by atoms with E-state index < -0.39 is 0 Å². The molecule has 1 fully saturated rings. The second-order valence-electron chi connectivity index (χ2n) is 4.99. The molecule has 0 bridgehead atoms. The average Bonchev–Trinajstić information content (AvgIpc) is 2.92. The summed E-state index contributed by atoms with van der Waals surface area (Å²) in [4.78, 5) is 16.2. The van der Waals surface area contributed by atoms with Crippen LogP contribution in [0.2, 0.25) is 5.02 Å². The molecule has 0 radical (unpaired) electrons. The third-order valence-corrected chi connectivity index (χ3v) is 4.20. The molecule has 0 spiro atoms. The number of halogens is 2. The van der Waals surface area contributed by atoms with Crippen molar-refractivity contribution in [3.63, 3.8) is 0 Å². The highest BCUT2D eigenvalue weighted by Gasteiger charge is 2.22. The van der Waals surface area contributed by atoms with Crippen LogP contribution in [0.25, 0.3) is 0 Å². The van der Waals surface area contributed by atoms with Gasteiger partial charge in [0.25, 0.3) is 0 Å². The molecule has 1 saturated heterocycles. The Morgan fingerprint density at radius 1 is 1.18 bits per heavy atom. The lowest BCUT2D eigenvalue weighted by molar-refractivity contribution is 0.207. The van der Waals surface area contributed by atoms with E-state index in [0.717, 1.165) is 23.8 Å². The van der Waals surface area contributed by atoms with Crippen LogP contribution in [-0.4, -0.2) is 37.1 Å². The van der Waals surface area contributed by atoms with E-state index in [1.165, 1.54) is 0 Å². The van der Waals surface area contributed by atoms with Crippen molar-refractivity contribution in [2.75, 3.05) is 36.4 Å². The summed E-state index contributed by atoms with van der Waals surface area (Å²) in [7, 11) is 0. The van der Waals surface area contributed by atoms with E-state index in [2.05, 4.69) is 26.1 Å². The van der Waals surface area contributed by atoms with Gasteiger partial charge in [0.2, 0.25) is 5.88 Å². The number of nitrogens with one attached hydrogen (secondary N) is 1. The van der Waals surface area contributed by atoms with Crippen LogP contribution >= 0.6 is 27.5 Å². The highest BCUT2D eigenvalue weighted by atomic mass is 79.9. The Morgan fingerprint density at radius 3 is 2.59 bits per heavy atom. The fourth-order valence-electron chi connectivity index (χ4n) is 2.41. The van der Waals surface area contributed by atoms with Crippen LogP contribution in [0.4, 0.5) is 16.4 Å². The van der Waals surface area contributed by atoms with Gasteiger partial charge in [0.05, 0.1) is 0 Å². The minimum absolute atomic E-state index is 0.146. The van der Waals surface area contributed by atoms with Crippen molar-refractivity contribution >= 4 is 45.1 Å². The first-order valence-electron chi connectivity index (χ1n) is 6.93. The van der Waals surface area contributed by atoms with Crippen LogP contribution in [0.3, 0.4) is 0 Å². The number of carbonyl (C=O) groups excluding carboxylic acids is 1. The van der Waals surface area contributed by atoms with Gasteiger partial charge in [-0.25, -0.2) is 4.79 Å². The normalized spacial score (nSPS) is 15.0.